The Labute approximate surface area is 111 Å². The molecule has 2 unspecified atom stereocenters. The first-order chi connectivity index (χ1) is 8.86. The largest absolute Gasteiger partial charge is 0.381 e. The average Bonchev–Trinajstić information content (AvgIpc) is 3.10. The topological polar surface area (TPSA) is 30.5 Å². The molecular formula is C15H27NO2. The maximum absolute atomic E-state index is 5.77. The van der Waals surface area contributed by atoms with Crippen LogP contribution >= 0.6 is 0 Å². The second kappa shape index (κ2) is 5.89. The Morgan fingerprint density at radius 2 is 2.06 bits per heavy atom. The summed E-state index contributed by atoms with van der Waals surface area (Å²) in [5.74, 6) is 0. The van der Waals surface area contributed by atoms with Gasteiger partial charge < -0.3 is 14.8 Å². The third-order valence-corrected chi connectivity index (χ3v) is 4.77. The van der Waals surface area contributed by atoms with Crippen molar-refractivity contribution in [3.63, 3.8) is 0 Å². The highest BCUT2D eigenvalue weighted by Gasteiger charge is 2.35. The Morgan fingerprint density at radius 1 is 1.11 bits per heavy atom. The minimum atomic E-state index is 0.396. The molecule has 2 aliphatic heterocycles. The Bertz CT molecular complexity index is 253. The molecule has 1 saturated carbocycles. The SMILES string of the molecule is C1COC(CCC2(CNC3CC3)CCCOC2)C1. The van der Waals surface area contributed by atoms with Gasteiger partial charge in [0.25, 0.3) is 0 Å². The lowest BCUT2D eigenvalue weighted by atomic mass is 9.77. The molecule has 1 N–H and O–H groups in total. The molecule has 1 aliphatic carbocycles. The molecule has 0 amide bonds. The fourth-order valence-electron chi connectivity index (χ4n) is 3.32. The molecular weight excluding hydrogens is 226 g/mol. The molecule has 0 radical (unpaired) electrons. The lowest BCUT2D eigenvalue weighted by Gasteiger charge is -2.38. The molecule has 104 valence electrons. The lowest BCUT2D eigenvalue weighted by Crippen LogP contribution is -2.42. The molecule has 0 aromatic carbocycles. The summed E-state index contributed by atoms with van der Waals surface area (Å²) < 4.78 is 11.5. The van der Waals surface area contributed by atoms with Crippen LogP contribution in [0.2, 0.25) is 0 Å². The van der Waals surface area contributed by atoms with Gasteiger partial charge in [0.05, 0.1) is 12.7 Å². The van der Waals surface area contributed by atoms with Gasteiger partial charge in [0, 0.05) is 31.2 Å². The first kappa shape index (κ1) is 12.9. The van der Waals surface area contributed by atoms with Crippen LogP contribution in [0, 0.1) is 5.41 Å². The zero-order valence-corrected chi connectivity index (χ0v) is 11.5. The molecule has 3 nitrogen and oxygen atoms in total. The van der Waals surface area contributed by atoms with Crippen LogP contribution in [0.5, 0.6) is 0 Å². The Kier molecular flexibility index (Phi) is 4.22. The standard InChI is InChI=1S/C15H27NO2/c1-3-14(18-10-1)6-8-15(7-2-9-17-12-15)11-16-13-4-5-13/h13-14,16H,1-12H2. The van der Waals surface area contributed by atoms with E-state index in [1.807, 2.05) is 0 Å². The van der Waals surface area contributed by atoms with Crippen molar-refractivity contribution in [1.82, 2.24) is 5.32 Å². The van der Waals surface area contributed by atoms with E-state index in [0.29, 0.717) is 11.5 Å². The summed E-state index contributed by atoms with van der Waals surface area (Å²) >= 11 is 0. The van der Waals surface area contributed by atoms with Crippen molar-refractivity contribution in [2.45, 2.75) is 63.5 Å². The molecule has 3 fully saturated rings. The minimum absolute atomic E-state index is 0.396. The second-order valence-corrected chi connectivity index (χ2v) is 6.49. The summed E-state index contributed by atoms with van der Waals surface area (Å²) in [7, 11) is 0. The molecule has 18 heavy (non-hydrogen) atoms. The van der Waals surface area contributed by atoms with Crippen molar-refractivity contribution < 1.29 is 9.47 Å². The zero-order valence-electron chi connectivity index (χ0n) is 11.5. The molecule has 0 aromatic heterocycles. The highest BCUT2D eigenvalue weighted by atomic mass is 16.5. The summed E-state index contributed by atoms with van der Waals surface area (Å²) in [6.07, 6.45) is 10.9. The molecule has 2 saturated heterocycles. The molecule has 0 spiro atoms. The van der Waals surface area contributed by atoms with Gasteiger partial charge in [-0.15, -0.1) is 0 Å². The molecule has 0 aromatic rings. The van der Waals surface area contributed by atoms with Crippen LogP contribution in [0.1, 0.15) is 51.4 Å². The third kappa shape index (κ3) is 3.46. The van der Waals surface area contributed by atoms with E-state index in [4.69, 9.17) is 9.47 Å². The van der Waals surface area contributed by atoms with Gasteiger partial charge in [-0.2, -0.15) is 0 Å². The van der Waals surface area contributed by atoms with Gasteiger partial charge in [0.2, 0.25) is 0 Å². The number of rotatable bonds is 6. The maximum atomic E-state index is 5.77. The van der Waals surface area contributed by atoms with Gasteiger partial charge in [-0.1, -0.05) is 0 Å². The molecule has 3 heteroatoms. The Morgan fingerprint density at radius 3 is 2.72 bits per heavy atom. The van der Waals surface area contributed by atoms with Crippen molar-refractivity contribution in [2.24, 2.45) is 5.41 Å². The molecule has 2 heterocycles. The summed E-state index contributed by atoms with van der Waals surface area (Å²) in [5.41, 5.74) is 0.396. The summed E-state index contributed by atoms with van der Waals surface area (Å²) in [6, 6.07) is 0.812. The first-order valence-corrected chi connectivity index (χ1v) is 7.79. The van der Waals surface area contributed by atoms with Gasteiger partial charge >= 0.3 is 0 Å². The van der Waals surface area contributed by atoms with Crippen LogP contribution in [0.25, 0.3) is 0 Å². The van der Waals surface area contributed by atoms with Crippen LogP contribution in [0.4, 0.5) is 0 Å². The monoisotopic (exact) mass is 253 g/mol. The van der Waals surface area contributed by atoms with Gasteiger partial charge in [0.1, 0.15) is 0 Å². The highest BCUT2D eigenvalue weighted by Crippen LogP contribution is 2.36. The van der Waals surface area contributed by atoms with Crippen molar-refractivity contribution >= 4 is 0 Å². The zero-order chi connectivity index (χ0) is 12.3. The van der Waals surface area contributed by atoms with Crippen molar-refractivity contribution in [3.05, 3.63) is 0 Å². The molecule has 0 bridgehead atoms. The van der Waals surface area contributed by atoms with E-state index in [1.165, 1.54) is 51.4 Å². The quantitative estimate of drug-likeness (QED) is 0.789. The first-order valence-electron chi connectivity index (χ1n) is 7.79. The molecule has 3 rings (SSSR count). The van der Waals surface area contributed by atoms with Gasteiger partial charge in [0.15, 0.2) is 0 Å². The van der Waals surface area contributed by atoms with Crippen LogP contribution in [-0.4, -0.2) is 38.5 Å². The van der Waals surface area contributed by atoms with Crippen LogP contribution in [-0.2, 0) is 9.47 Å². The highest BCUT2D eigenvalue weighted by molar-refractivity contribution is 4.89. The lowest BCUT2D eigenvalue weighted by molar-refractivity contribution is -0.0209. The minimum Gasteiger partial charge on any atom is -0.381 e. The number of ether oxygens (including phenoxy) is 2. The van der Waals surface area contributed by atoms with E-state index in [9.17, 15) is 0 Å². The van der Waals surface area contributed by atoms with E-state index in [1.54, 1.807) is 0 Å². The van der Waals surface area contributed by atoms with Crippen LogP contribution in [0.15, 0.2) is 0 Å². The predicted molar refractivity (Wildman–Crippen MR) is 71.7 cm³/mol. The van der Waals surface area contributed by atoms with E-state index >= 15 is 0 Å². The smallest absolute Gasteiger partial charge is 0.0576 e. The van der Waals surface area contributed by atoms with E-state index in [2.05, 4.69) is 5.32 Å². The van der Waals surface area contributed by atoms with Crippen molar-refractivity contribution in [1.29, 1.82) is 0 Å². The fourth-order valence-corrected chi connectivity index (χ4v) is 3.32. The van der Waals surface area contributed by atoms with E-state index in [-0.39, 0.29) is 0 Å². The van der Waals surface area contributed by atoms with Crippen molar-refractivity contribution in [3.8, 4) is 0 Å². The number of hydrogen-bond acceptors (Lipinski definition) is 3. The molecule has 3 aliphatic rings. The predicted octanol–water partition coefficient (Wildman–Crippen LogP) is 2.49. The normalized spacial score (nSPS) is 37.0. The van der Waals surface area contributed by atoms with E-state index < -0.39 is 0 Å². The third-order valence-electron chi connectivity index (χ3n) is 4.77. The average molecular weight is 253 g/mol. The molecule has 2 atom stereocenters. The number of nitrogens with one attached hydrogen (secondary N) is 1. The Balaban J connectivity index is 1.49. The summed E-state index contributed by atoms with van der Waals surface area (Å²) in [6.45, 7) is 4.06. The van der Waals surface area contributed by atoms with Gasteiger partial charge in [-0.3, -0.25) is 0 Å². The van der Waals surface area contributed by atoms with Crippen molar-refractivity contribution in [2.75, 3.05) is 26.4 Å². The number of hydrogen-bond donors (Lipinski definition) is 1. The second-order valence-electron chi connectivity index (χ2n) is 6.49. The summed E-state index contributed by atoms with van der Waals surface area (Å²) in [5, 5.41) is 3.72. The van der Waals surface area contributed by atoms with Gasteiger partial charge in [-0.05, 0) is 51.4 Å². The maximum Gasteiger partial charge on any atom is 0.0576 e. The van der Waals surface area contributed by atoms with Crippen LogP contribution < -0.4 is 5.32 Å². The fraction of sp³-hybridized carbons (Fsp3) is 1.00. The van der Waals surface area contributed by atoms with E-state index in [0.717, 1.165) is 32.4 Å². The summed E-state index contributed by atoms with van der Waals surface area (Å²) in [4.78, 5) is 0. The van der Waals surface area contributed by atoms with Gasteiger partial charge in [-0.25, -0.2) is 0 Å². The van der Waals surface area contributed by atoms with Crippen LogP contribution in [0.3, 0.4) is 0 Å². The Hall–Kier alpha value is -0.120.